The summed E-state index contributed by atoms with van der Waals surface area (Å²) in [6.45, 7) is 0. The summed E-state index contributed by atoms with van der Waals surface area (Å²) in [5, 5.41) is 13.5. The lowest BCUT2D eigenvalue weighted by atomic mass is 9.74. The highest BCUT2D eigenvalue weighted by Gasteiger charge is 2.38. The van der Waals surface area contributed by atoms with E-state index in [9.17, 15) is 9.50 Å². The molecule has 1 aromatic carbocycles. The molecule has 0 saturated heterocycles. The molecule has 3 rings (SSSR count). The summed E-state index contributed by atoms with van der Waals surface area (Å²) in [5.74, 6) is -0.143. The van der Waals surface area contributed by atoms with Crippen molar-refractivity contribution >= 4 is 0 Å². The summed E-state index contributed by atoms with van der Waals surface area (Å²) < 4.78 is 14.0. The normalized spacial score (nSPS) is 25.5. The Labute approximate surface area is 101 Å². The summed E-state index contributed by atoms with van der Waals surface area (Å²) in [6.07, 6.45) is 4.19. The smallest absolute Gasteiger partial charge is 0.127 e. The van der Waals surface area contributed by atoms with Gasteiger partial charge >= 0.3 is 0 Å². The van der Waals surface area contributed by atoms with Gasteiger partial charge in [0, 0.05) is 6.04 Å². The molecule has 1 fully saturated rings. The molecule has 92 valence electrons. The predicted molar refractivity (Wildman–Crippen MR) is 64.4 cm³/mol. The summed E-state index contributed by atoms with van der Waals surface area (Å²) in [4.78, 5) is 0. The van der Waals surface area contributed by atoms with Crippen LogP contribution in [-0.2, 0) is 18.4 Å². The highest BCUT2D eigenvalue weighted by molar-refractivity contribution is 5.41. The van der Waals surface area contributed by atoms with Crippen LogP contribution in [0.5, 0.6) is 0 Å². The number of rotatable bonds is 2. The van der Waals surface area contributed by atoms with E-state index < -0.39 is 5.60 Å². The summed E-state index contributed by atoms with van der Waals surface area (Å²) >= 11 is 0. The molecule has 2 aliphatic carbocycles. The van der Waals surface area contributed by atoms with Gasteiger partial charge in [0.1, 0.15) is 5.82 Å². The van der Waals surface area contributed by atoms with Crippen molar-refractivity contribution in [2.45, 2.75) is 43.7 Å². The first-order valence-electron chi connectivity index (χ1n) is 6.34. The molecule has 0 spiro atoms. The van der Waals surface area contributed by atoms with Gasteiger partial charge in [0.2, 0.25) is 0 Å². The third-order valence-electron chi connectivity index (χ3n) is 4.33. The maximum atomic E-state index is 14.0. The first kappa shape index (κ1) is 11.2. The summed E-state index contributed by atoms with van der Waals surface area (Å²) in [7, 11) is 1.91. The SMILES string of the molecule is CNC1Cc2cc(C3(O)CCC3)cc(F)c2C1. The van der Waals surface area contributed by atoms with Gasteiger partial charge in [-0.25, -0.2) is 4.39 Å². The number of likely N-dealkylation sites (N-methyl/N-ethyl adjacent to an activating group) is 1. The van der Waals surface area contributed by atoms with E-state index in [1.54, 1.807) is 0 Å². The van der Waals surface area contributed by atoms with Crippen molar-refractivity contribution < 1.29 is 9.50 Å². The lowest BCUT2D eigenvalue weighted by molar-refractivity contribution is -0.0390. The Morgan fingerprint density at radius 2 is 2.12 bits per heavy atom. The average molecular weight is 235 g/mol. The standard InChI is InChI=1S/C14H18FNO/c1-16-11-6-9-5-10(14(17)3-2-4-14)7-13(15)12(9)8-11/h5,7,11,16-17H,2-4,6,8H2,1H3. The number of hydrogen-bond acceptors (Lipinski definition) is 2. The minimum atomic E-state index is -0.756. The fraction of sp³-hybridized carbons (Fsp3) is 0.571. The number of halogens is 1. The molecule has 2 N–H and O–H groups in total. The molecular weight excluding hydrogens is 217 g/mol. The highest BCUT2D eigenvalue weighted by Crippen LogP contribution is 2.42. The molecule has 1 unspecified atom stereocenters. The van der Waals surface area contributed by atoms with Crippen LogP contribution in [0.3, 0.4) is 0 Å². The molecule has 2 aliphatic rings. The van der Waals surface area contributed by atoms with Crippen LogP contribution in [0.25, 0.3) is 0 Å². The Balaban J connectivity index is 1.98. The number of aliphatic hydroxyl groups is 1. The maximum absolute atomic E-state index is 14.0. The van der Waals surface area contributed by atoms with E-state index in [2.05, 4.69) is 5.32 Å². The van der Waals surface area contributed by atoms with Crippen molar-refractivity contribution in [2.75, 3.05) is 7.05 Å². The Morgan fingerprint density at radius 3 is 2.71 bits per heavy atom. The molecular formula is C14H18FNO. The minimum Gasteiger partial charge on any atom is -0.385 e. The zero-order valence-corrected chi connectivity index (χ0v) is 10.1. The van der Waals surface area contributed by atoms with E-state index >= 15 is 0 Å². The van der Waals surface area contributed by atoms with Crippen molar-refractivity contribution in [3.63, 3.8) is 0 Å². The Bertz CT molecular complexity index is 454. The van der Waals surface area contributed by atoms with Crippen LogP contribution in [0.4, 0.5) is 4.39 Å². The molecule has 1 atom stereocenters. The van der Waals surface area contributed by atoms with E-state index in [1.807, 2.05) is 13.1 Å². The van der Waals surface area contributed by atoms with Crippen molar-refractivity contribution in [3.8, 4) is 0 Å². The molecule has 0 aromatic heterocycles. The molecule has 0 heterocycles. The highest BCUT2D eigenvalue weighted by atomic mass is 19.1. The molecule has 17 heavy (non-hydrogen) atoms. The quantitative estimate of drug-likeness (QED) is 0.820. The minimum absolute atomic E-state index is 0.143. The van der Waals surface area contributed by atoms with Crippen LogP contribution in [-0.4, -0.2) is 18.2 Å². The molecule has 2 nitrogen and oxygen atoms in total. The Morgan fingerprint density at radius 1 is 1.35 bits per heavy atom. The third kappa shape index (κ3) is 1.69. The Kier molecular flexibility index (Phi) is 2.49. The lowest BCUT2D eigenvalue weighted by Gasteiger charge is -2.37. The van der Waals surface area contributed by atoms with Gasteiger partial charge < -0.3 is 10.4 Å². The third-order valence-corrected chi connectivity index (χ3v) is 4.33. The zero-order chi connectivity index (χ0) is 12.0. The molecule has 1 saturated carbocycles. The monoisotopic (exact) mass is 235 g/mol. The van der Waals surface area contributed by atoms with E-state index in [1.165, 1.54) is 6.07 Å². The molecule has 0 radical (unpaired) electrons. The van der Waals surface area contributed by atoms with Crippen LogP contribution in [0, 0.1) is 5.82 Å². The van der Waals surface area contributed by atoms with E-state index in [-0.39, 0.29) is 5.82 Å². The van der Waals surface area contributed by atoms with Gasteiger partial charge in [0.25, 0.3) is 0 Å². The summed E-state index contributed by atoms with van der Waals surface area (Å²) in [5.41, 5.74) is 1.92. The average Bonchev–Trinajstić information content (AvgIpc) is 2.69. The second kappa shape index (κ2) is 3.79. The first-order chi connectivity index (χ1) is 8.12. The first-order valence-corrected chi connectivity index (χ1v) is 6.34. The van der Waals surface area contributed by atoms with Gasteiger partial charge in [-0.1, -0.05) is 6.07 Å². The number of nitrogens with one attached hydrogen (secondary N) is 1. The van der Waals surface area contributed by atoms with Crippen molar-refractivity contribution in [3.05, 3.63) is 34.6 Å². The van der Waals surface area contributed by atoms with E-state index in [4.69, 9.17) is 0 Å². The predicted octanol–water partition coefficient (Wildman–Crippen LogP) is 1.88. The maximum Gasteiger partial charge on any atom is 0.127 e. The zero-order valence-electron chi connectivity index (χ0n) is 10.1. The number of fused-ring (bicyclic) bond motifs is 1. The fourth-order valence-electron chi connectivity index (χ4n) is 2.96. The topological polar surface area (TPSA) is 32.3 Å². The van der Waals surface area contributed by atoms with Crippen LogP contribution in [0.1, 0.15) is 36.0 Å². The lowest BCUT2D eigenvalue weighted by Crippen LogP contribution is -2.33. The van der Waals surface area contributed by atoms with Crippen molar-refractivity contribution in [1.29, 1.82) is 0 Å². The van der Waals surface area contributed by atoms with Crippen molar-refractivity contribution in [2.24, 2.45) is 0 Å². The van der Waals surface area contributed by atoms with E-state index in [0.29, 0.717) is 6.04 Å². The fourth-order valence-corrected chi connectivity index (χ4v) is 2.96. The molecule has 1 aromatic rings. The molecule has 3 heteroatoms. The second-order valence-electron chi connectivity index (χ2n) is 5.37. The van der Waals surface area contributed by atoms with Gasteiger partial charge in [0.05, 0.1) is 5.60 Å². The molecule has 0 amide bonds. The van der Waals surface area contributed by atoms with Crippen molar-refractivity contribution in [1.82, 2.24) is 5.32 Å². The van der Waals surface area contributed by atoms with Gasteiger partial charge in [-0.2, -0.15) is 0 Å². The van der Waals surface area contributed by atoms with Gasteiger partial charge in [0.15, 0.2) is 0 Å². The van der Waals surface area contributed by atoms with Crippen LogP contribution in [0.15, 0.2) is 12.1 Å². The van der Waals surface area contributed by atoms with Gasteiger partial charge in [-0.15, -0.1) is 0 Å². The Hall–Kier alpha value is -0.930. The number of hydrogen-bond donors (Lipinski definition) is 2. The van der Waals surface area contributed by atoms with Crippen LogP contribution in [0.2, 0.25) is 0 Å². The van der Waals surface area contributed by atoms with E-state index in [0.717, 1.165) is 48.8 Å². The largest absolute Gasteiger partial charge is 0.385 e. The molecule has 0 aliphatic heterocycles. The van der Waals surface area contributed by atoms with Gasteiger partial charge in [-0.3, -0.25) is 0 Å². The summed E-state index contributed by atoms with van der Waals surface area (Å²) in [6, 6.07) is 3.89. The van der Waals surface area contributed by atoms with Crippen LogP contribution >= 0.6 is 0 Å². The number of benzene rings is 1. The second-order valence-corrected chi connectivity index (χ2v) is 5.37. The molecule has 0 bridgehead atoms. The van der Waals surface area contributed by atoms with Gasteiger partial charge in [-0.05, 0) is 61.9 Å². The van der Waals surface area contributed by atoms with Crippen LogP contribution < -0.4 is 5.32 Å².